The highest BCUT2D eigenvalue weighted by Crippen LogP contribution is 2.14. The van der Waals surface area contributed by atoms with Crippen molar-refractivity contribution in [2.45, 2.75) is 33.2 Å². The standard InChI is InChI=1S/C11H22N2O2/c1-11(2,3)8-13(4)10(14)12-9-5-6-15-7-9/h9H,5-8H2,1-4H3,(H,12,14). The zero-order valence-electron chi connectivity index (χ0n) is 10.2. The fraction of sp³-hybridized carbons (Fsp3) is 0.909. The number of nitrogens with one attached hydrogen (secondary N) is 1. The van der Waals surface area contributed by atoms with E-state index in [-0.39, 0.29) is 17.5 Å². The van der Waals surface area contributed by atoms with Crippen molar-refractivity contribution in [2.75, 3.05) is 26.8 Å². The van der Waals surface area contributed by atoms with Crippen LogP contribution in [0.4, 0.5) is 4.79 Å². The molecule has 0 aromatic heterocycles. The van der Waals surface area contributed by atoms with E-state index < -0.39 is 0 Å². The molecule has 0 aliphatic carbocycles. The van der Waals surface area contributed by atoms with E-state index in [0.29, 0.717) is 6.61 Å². The second-order valence-corrected chi connectivity index (χ2v) is 5.43. The third-order valence-corrected chi connectivity index (χ3v) is 2.32. The third-order valence-electron chi connectivity index (χ3n) is 2.32. The summed E-state index contributed by atoms with van der Waals surface area (Å²) < 4.78 is 5.21. The van der Waals surface area contributed by atoms with Crippen molar-refractivity contribution in [3.05, 3.63) is 0 Å². The van der Waals surface area contributed by atoms with Gasteiger partial charge < -0.3 is 15.0 Å². The Balaban J connectivity index is 2.32. The number of hydrogen-bond donors (Lipinski definition) is 1. The van der Waals surface area contributed by atoms with Gasteiger partial charge in [0, 0.05) is 20.2 Å². The van der Waals surface area contributed by atoms with E-state index in [1.165, 1.54) is 0 Å². The molecule has 0 aromatic carbocycles. The van der Waals surface area contributed by atoms with Gasteiger partial charge in [-0.3, -0.25) is 0 Å². The molecule has 88 valence electrons. The topological polar surface area (TPSA) is 41.6 Å². The van der Waals surface area contributed by atoms with Crippen LogP contribution < -0.4 is 5.32 Å². The molecule has 1 heterocycles. The Morgan fingerprint density at radius 1 is 1.53 bits per heavy atom. The van der Waals surface area contributed by atoms with Gasteiger partial charge in [0.15, 0.2) is 0 Å². The molecular formula is C11H22N2O2. The lowest BCUT2D eigenvalue weighted by Gasteiger charge is -2.27. The minimum Gasteiger partial charge on any atom is -0.379 e. The maximum absolute atomic E-state index is 11.7. The van der Waals surface area contributed by atoms with Crippen LogP contribution in [0.5, 0.6) is 0 Å². The maximum atomic E-state index is 11.7. The van der Waals surface area contributed by atoms with Gasteiger partial charge in [-0.1, -0.05) is 20.8 Å². The molecule has 0 radical (unpaired) electrons. The molecule has 1 aliphatic rings. The van der Waals surface area contributed by atoms with Gasteiger partial charge >= 0.3 is 6.03 Å². The smallest absolute Gasteiger partial charge is 0.317 e. The zero-order chi connectivity index (χ0) is 11.5. The lowest BCUT2D eigenvalue weighted by Crippen LogP contribution is -2.45. The van der Waals surface area contributed by atoms with Crippen LogP contribution in [0.25, 0.3) is 0 Å². The first-order chi connectivity index (χ1) is 6.88. The van der Waals surface area contributed by atoms with E-state index >= 15 is 0 Å². The summed E-state index contributed by atoms with van der Waals surface area (Å²) in [5, 5.41) is 2.96. The average molecular weight is 214 g/mol. The van der Waals surface area contributed by atoms with E-state index in [1.807, 2.05) is 7.05 Å². The second-order valence-electron chi connectivity index (χ2n) is 5.43. The number of nitrogens with zero attached hydrogens (tertiary/aromatic N) is 1. The molecule has 4 nitrogen and oxygen atoms in total. The molecule has 0 spiro atoms. The van der Waals surface area contributed by atoms with E-state index in [2.05, 4.69) is 26.1 Å². The fourth-order valence-corrected chi connectivity index (χ4v) is 1.72. The summed E-state index contributed by atoms with van der Waals surface area (Å²) >= 11 is 0. The van der Waals surface area contributed by atoms with Crippen LogP contribution in [0, 0.1) is 5.41 Å². The molecule has 1 atom stereocenters. The number of carbonyl (C=O) groups excluding carboxylic acids is 1. The first kappa shape index (κ1) is 12.3. The largest absolute Gasteiger partial charge is 0.379 e. The van der Waals surface area contributed by atoms with Crippen LogP contribution in [-0.2, 0) is 4.74 Å². The Morgan fingerprint density at radius 2 is 2.20 bits per heavy atom. The average Bonchev–Trinajstić information content (AvgIpc) is 2.53. The number of ether oxygens (including phenoxy) is 1. The Morgan fingerprint density at radius 3 is 2.67 bits per heavy atom. The molecule has 1 unspecified atom stereocenters. The Hall–Kier alpha value is -0.770. The minimum atomic E-state index is 0.000394. The predicted octanol–water partition coefficient (Wildman–Crippen LogP) is 1.46. The first-order valence-corrected chi connectivity index (χ1v) is 5.48. The lowest BCUT2D eigenvalue weighted by molar-refractivity contribution is 0.173. The van der Waals surface area contributed by atoms with Crippen LogP contribution in [0.3, 0.4) is 0 Å². The number of rotatable bonds is 2. The van der Waals surface area contributed by atoms with Crippen molar-refractivity contribution >= 4 is 6.03 Å². The molecule has 0 bridgehead atoms. The van der Waals surface area contributed by atoms with E-state index in [1.54, 1.807) is 4.90 Å². The molecule has 4 heteroatoms. The highest BCUT2D eigenvalue weighted by molar-refractivity contribution is 5.74. The third kappa shape index (κ3) is 4.51. The van der Waals surface area contributed by atoms with E-state index in [0.717, 1.165) is 19.6 Å². The second kappa shape index (κ2) is 4.84. The number of carbonyl (C=O) groups is 1. The summed E-state index contributed by atoms with van der Waals surface area (Å²) in [5.41, 5.74) is 0.137. The van der Waals surface area contributed by atoms with Crippen molar-refractivity contribution in [3.8, 4) is 0 Å². The predicted molar refractivity (Wildman–Crippen MR) is 59.8 cm³/mol. The quantitative estimate of drug-likeness (QED) is 0.756. The first-order valence-electron chi connectivity index (χ1n) is 5.48. The van der Waals surface area contributed by atoms with Gasteiger partial charge in [-0.25, -0.2) is 4.79 Å². The Labute approximate surface area is 92.0 Å². The zero-order valence-corrected chi connectivity index (χ0v) is 10.2. The minimum absolute atomic E-state index is 0.000394. The van der Waals surface area contributed by atoms with Gasteiger partial charge in [0.25, 0.3) is 0 Å². The van der Waals surface area contributed by atoms with Crippen LogP contribution in [-0.4, -0.2) is 43.8 Å². The molecule has 2 amide bonds. The molecule has 1 fully saturated rings. The van der Waals surface area contributed by atoms with Crippen LogP contribution in [0.1, 0.15) is 27.2 Å². The van der Waals surface area contributed by atoms with Crippen molar-refractivity contribution in [2.24, 2.45) is 5.41 Å². The number of urea groups is 1. The SMILES string of the molecule is CN(CC(C)(C)C)C(=O)NC1CCOC1. The van der Waals surface area contributed by atoms with Gasteiger partial charge in [0.05, 0.1) is 12.6 Å². The summed E-state index contributed by atoms with van der Waals surface area (Å²) in [6.07, 6.45) is 0.926. The lowest BCUT2D eigenvalue weighted by atomic mass is 9.96. The van der Waals surface area contributed by atoms with E-state index in [4.69, 9.17) is 4.74 Å². The van der Waals surface area contributed by atoms with Crippen LogP contribution in [0.2, 0.25) is 0 Å². The summed E-state index contributed by atoms with van der Waals surface area (Å²) in [7, 11) is 1.83. The van der Waals surface area contributed by atoms with Gasteiger partial charge in [0.2, 0.25) is 0 Å². The highest BCUT2D eigenvalue weighted by atomic mass is 16.5. The molecule has 1 N–H and O–H groups in total. The molecule has 0 saturated carbocycles. The van der Waals surface area contributed by atoms with Crippen molar-refractivity contribution in [1.82, 2.24) is 10.2 Å². The molecule has 1 saturated heterocycles. The summed E-state index contributed by atoms with van der Waals surface area (Å²) in [5.74, 6) is 0. The number of amides is 2. The monoisotopic (exact) mass is 214 g/mol. The van der Waals surface area contributed by atoms with Crippen molar-refractivity contribution in [1.29, 1.82) is 0 Å². The van der Waals surface area contributed by atoms with Gasteiger partial charge in [-0.15, -0.1) is 0 Å². The van der Waals surface area contributed by atoms with Crippen LogP contribution in [0.15, 0.2) is 0 Å². The van der Waals surface area contributed by atoms with Gasteiger partial charge in [-0.05, 0) is 11.8 Å². The molecule has 0 aromatic rings. The van der Waals surface area contributed by atoms with Gasteiger partial charge in [0.1, 0.15) is 0 Å². The molecular weight excluding hydrogens is 192 g/mol. The Bertz CT molecular complexity index is 217. The number of hydrogen-bond acceptors (Lipinski definition) is 2. The van der Waals surface area contributed by atoms with Crippen molar-refractivity contribution < 1.29 is 9.53 Å². The van der Waals surface area contributed by atoms with Crippen molar-refractivity contribution in [3.63, 3.8) is 0 Å². The fourth-order valence-electron chi connectivity index (χ4n) is 1.72. The summed E-state index contributed by atoms with van der Waals surface area (Å²) in [6, 6.07) is 0.195. The molecule has 1 rings (SSSR count). The van der Waals surface area contributed by atoms with Crippen LogP contribution >= 0.6 is 0 Å². The normalized spacial score (nSPS) is 21.5. The Kier molecular flexibility index (Phi) is 3.97. The van der Waals surface area contributed by atoms with Gasteiger partial charge in [-0.2, -0.15) is 0 Å². The maximum Gasteiger partial charge on any atom is 0.317 e. The highest BCUT2D eigenvalue weighted by Gasteiger charge is 2.22. The van der Waals surface area contributed by atoms with E-state index in [9.17, 15) is 4.79 Å². The summed E-state index contributed by atoms with van der Waals surface area (Å²) in [4.78, 5) is 13.5. The molecule has 15 heavy (non-hydrogen) atoms. The molecule has 1 aliphatic heterocycles. The summed E-state index contributed by atoms with van der Waals surface area (Å²) in [6.45, 7) is 8.52.